The first-order valence-electron chi connectivity index (χ1n) is 9.51. The van der Waals surface area contributed by atoms with Gasteiger partial charge in [0, 0.05) is 35.8 Å². The minimum Gasteiger partial charge on any atom is -0.333 e. The summed E-state index contributed by atoms with van der Waals surface area (Å²) in [6, 6.07) is 13.8. The number of amides is 2. The third kappa shape index (κ3) is 3.53. The lowest BCUT2D eigenvalue weighted by Gasteiger charge is -2.26. The number of benzene rings is 2. The van der Waals surface area contributed by atoms with Gasteiger partial charge in [-0.25, -0.2) is 9.97 Å². The average molecular weight is 415 g/mol. The first kappa shape index (κ1) is 18.4. The van der Waals surface area contributed by atoms with Gasteiger partial charge in [0.05, 0.1) is 18.4 Å². The summed E-state index contributed by atoms with van der Waals surface area (Å²) in [7, 11) is 0. The minimum absolute atomic E-state index is 0.00458. The summed E-state index contributed by atoms with van der Waals surface area (Å²) in [6.45, 7) is 1.08. The van der Waals surface area contributed by atoms with Crippen LogP contribution in [-0.4, -0.2) is 38.2 Å². The zero-order valence-electron chi connectivity index (χ0n) is 15.9. The number of carbonyl (C=O) groups excluding carboxylic acids is 2. The smallest absolute Gasteiger partial charge is 0.277 e. The number of hydrogen-bond donors (Lipinski definition) is 1. The fraction of sp³-hybridized carbons (Fsp3) is 0.136. The van der Waals surface area contributed by atoms with Crippen LogP contribution in [0.2, 0.25) is 0 Å². The molecule has 0 saturated heterocycles. The first-order valence-corrected chi connectivity index (χ1v) is 10.3. The average Bonchev–Trinajstić information content (AvgIpc) is 3.20. The summed E-state index contributed by atoms with van der Waals surface area (Å²) >= 11 is 1.39. The molecule has 0 atom stereocenters. The van der Waals surface area contributed by atoms with Gasteiger partial charge in [-0.15, -0.1) is 0 Å². The molecule has 0 fully saturated rings. The Morgan fingerprint density at radius 1 is 1.07 bits per heavy atom. The molecule has 1 aliphatic heterocycles. The second-order valence-electron chi connectivity index (χ2n) is 6.97. The highest BCUT2D eigenvalue weighted by Crippen LogP contribution is 2.29. The van der Waals surface area contributed by atoms with Crippen molar-refractivity contribution in [3.63, 3.8) is 0 Å². The highest BCUT2D eigenvalue weighted by atomic mass is 32.1. The number of hydrogen-bond acceptors (Lipinski definition) is 6. The lowest BCUT2D eigenvalue weighted by molar-refractivity contribution is 0.0736. The van der Waals surface area contributed by atoms with Crippen molar-refractivity contribution >= 4 is 39.1 Å². The Morgan fingerprint density at radius 3 is 2.77 bits per heavy atom. The van der Waals surface area contributed by atoms with Crippen LogP contribution in [0.25, 0.3) is 10.8 Å². The molecule has 5 rings (SSSR count). The molecule has 0 aliphatic carbocycles. The largest absolute Gasteiger partial charge is 0.333 e. The second-order valence-corrected chi connectivity index (χ2v) is 8.06. The quantitative estimate of drug-likeness (QED) is 0.553. The molecule has 0 saturated carbocycles. The monoisotopic (exact) mass is 415 g/mol. The van der Waals surface area contributed by atoms with Crippen LogP contribution in [0.1, 0.15) is 31.4 Å². The molecule has 0 unspecified atom stereocenters. The molecule has 2 aromatic carbocycles. The van der Waals surface area contributed by atoms with Gasteiger partial charge in [0.25, 0.3) is 11.8 Å². The number of fused-ring (bicyclic) bond motifs is 2. The van der Waals surface area contributed by atoms with Crippen molar-refractivity contribution in [2.24, 2.45) is 0 Å². The Labute approximate surface area is 176 Å². The third-order valence-corrected chi connectivity index (χ3v) is 6.03. The lowest BCUT2D eigenvalue weighted by Crippen LogP contribution is -2.35. The van der Waals surface area contributed by atoms with Crippen molar-refractivity contribution in [3.8, 4) is 0 Å². The fourth-order valence-corrected chi connectivity index (χ4v) is 4.52. The maximum Gasteiger partial charge on any atom is 0.277 e. The van der Waals surface area contributed by atoms with Gasteiger partial charge in [-0.05, 0) is 22.9 Å². The fourth-order valence-electron chi connectivity index (χ4n) is 3.50. The summed E-state index contributed by atoms with van der Waals surface area (Å²) in [5.41, 5.74) is 1.84. The second kappa shape index (κ2) is 7.64. The summed E-state index contributed by atoms with van der Waals surface area (Å²) in [5.74, 6) is -0.344. The number of nitrogens with one attached hydrogen (secondary N) is 1. The number of anilines is 1. The van der Waals surface area contributed by atoms with E-state index in [1.807, 2.05) is 47.4 Å². The van der Waals surface area contributed by atoms with Gasteiger partial charge in [0.2, 0.25) is 0 Å². The van der Waals surface area contributed by atoms with Crippen LogP contribution in [0.5, 0.6) is 0 Å². The van der Waals surface area contributed by atoms with E-state index in [1.165, 1.54) is 29.9 Å². The Morgan fingerprint density at radius 2 is 1.93 bits per heavy atom. The van der Waals surface area contributed by atoms with Crippen LogP contribution in [0, 0.1) is 0 Å². The van der Waals surface area contributed by atoms with E-state index < -0.39 is 0 Å². The number of thiazole rings is 1. The third-order valence-electron chi connectivity index (χ3n) is 5.03. The molecule has 148 valence electrons. The van der Waals surface area contributed by atoms with E-state index >= 15 is 0 Å². The topological polar surface area (TPSA) is 88.1 Å². The van der Waals surface area contributed by atoms with E-state index in [9.17, 15) is 9.59 Å². The van der Waals surface area contributed by atoms with E-state index in [0.29, 0.717) is 30.2 Å². The van der Waals surface area contributed by atoms with Gasteiger partial charge >= 0.3 is 0 Å². The molecule has 2 amide bonds. The molecule has 4 aromatic rings. The van der Waals surface area contributed by atoms with Crippen molar-refractivity contribution < 1.29 is 9.59 Å². The van der Waals surface area contributed by atoms with Crippen molar-refractivity contribution in [2.75, 3.05) is 11.9 Å². The number of carbonyl (C=O) groups is 2. The molecule has 0 spiro atoms. The van der Waals surface area contributed by atoms with Crippen molar-refractivity contribution in [3.05, 3.63) is 82.9 Å². The Bertz CT molecular complexity index is 1250. The Hall–Kier alpha value is -3.65. The van der Waals surface area contributed by atoms with E-state index in [4.69, 9.17) is 0 Å². The normalized spacial score (nSPS) is 13.1. The lowest BCUT2D eigenvalue weighted by atomic mass is 10.1. The molecule has 30 heavy (non-hydrogen) atoms. The molecule has 7 nitrogen and oxygen atoms in total. The van der Waals surface area contributed by atoms with Gasteiger partial charge in [-0.3, -0.25) is 19.9 Å². The summed E-state index contributed by atoms with van der Waals surface area (Å²) in [6.07, 6.45) is 5.05. The van der Waals surface area contributed by atoms with Crippen LogP contribution in [0.15, 0.2) is 61.1 Å². The molecule has 8 heteroatoms. The Kier molecular flexibility index (Phi) is 4.68. The van der Waals surface area contributed by atoms with Crippen LogP contribution >= 0.6 is 11.3 Å². The predicted molar refractivity (Wildman–Crippen MR) is 114 cm³/mol. The molecular formula is C22H17N5O2S. The molecule has 1 N–H and O–H groups in total. The molecule has 2 aromatic heterocycles. The molecule has 1 aliphatic rings. The number of aromatic nitrogens is 3. The number of rotatable bonds is 3. The summed E-state index contributed by atoms with van der Waals surface area (Å²) in [4.78, 5) is 40.6. The van der Waals surface area contributed by atoms with E-state index in [0.717, 1.165) is 21.3 Å². The van der Waals surface area contributed by atoms with E-state index in [2.05, 4.69) is 20.3 Å². The van der Waals surface area contributed by atoms with E-state index in [1.54, 1.807) is 0 Å². The predicted octanol–water partition coefficient (Wildman–Crippen LogP) is 3.54. The van der Waals surface area contributed by atoms with Crippen molar-refractivity contribution in [1.29, 1.82) is 0 Å². The minimum atomic E-state index is -0.349. The highest BCUT2D eigenvalue weighted by Gasteiger charge is 2.25. The van der Waals surface area contributed by atoms with Gasteiger partial charge in [0.1, 0.15) is 5.69 Å². The number of nitrogens with zero attached hydrogens (tertiary/aromatic N) is 4. The van der Waals surface area contributed by atoms with Gasteiger partial charge in [-0.1, -0.05) is 41.7 Å². The maximum atomic E-state index is 13.0. The van der Waals surface area contributed by atoms with Crippen LogP contribution in [-0.2, 0) is 13.0 Å². The van der Waals surface area contributed by atoms with Crippen molar-refractivity contribution in [1.82, 2.24) is 19.9 Å². The molecule has 3 heterocycles. The van der Waals surface area contributed by atoms with E-state index in [-0.39, 0.29) is 17.5 Å². The highest BCUT2D eigenvalue weighted by molar-refractivity contribution is 7.15. The molecule has 0 bridgehead atoms. The van der Waals surface area contributed by atoms with Crippen LogP contribution in [0.4, 0.5) is 5.13 Å². The van der Waals surface area contributed by atoms with Crippen LogP contribution < -0.4 is 5.32 Å². The zero-order valence-corrected chi connectivity index (χ0v) is 16.7. The van der Waals surface area contributed by atoms with Crippen molar-refractivity contribution in [2.45, 2.75) is 13.0 Å². The SMILES string of the molecule is O=C(Nc1nc2c(s1)CN(C(=O)c1ccc3ccccc3c1)CC2)c1cnccn1. The first-order chi connectivity index (χ1) is 14.7. The van der Waals surface area contributed by atoms with Gasteiger partial charge < -0.3 is 4.90 Å². The summed E-state index contributed by atoms with van der Waals surface area (Å²) in [5, 5.41) is 5.44. The Balaban J connectivity index is 1.32. The molecule has 0 radical (unpaired) electrons. The maximum absolute atomic E-state index is 13.0. The van der Waals surface area contributed by atoms with Crippen LogP contribution in [0.3, 0.4) is 0 Å². The van der Waals surface area contributed by atoms with Gasteiger partial charge in [0.15, 0.2) is 5.13 Å². The van der Waals surface area contributed by atoms with Gasteiger partial charge in [-0.2, -0.15) is 0 Å². The zero-order chi connectivity index (χ0) is 20.5. The standard InChI is InChI=1S/C22H17N5O2S/c28-20(18-12-23-8-9-24-18)26-22-25-17-7-10-27(13-19(17)30-22)21(29)16-6-5-14-3-1-2-4-15(14)11-16/h1-6,8-9,11-12H,7,10,13H2,(H,25,26,28). The summed E-state index contributed by atoms with van der Waals surface area (Å²) < 4.78 is 0. The molecular weight excluding hydrogens is 398 g/mol.